The van der Waals surface area contributed by atoms with Crippen molar-refractivity contribution in [2.24, 2.45) is 11.7 Å². The standard InChI is InChI=1S/C21H25N3/c22-12-17-6-7-21-20(11-17)19(13-23-21)10-18-8-9-24(15-18)14-16-4-2-1-3-5-16/h1-7,11,13,18,23H,8-10,12,14-15,22H2. The molecule has 1 aliphatic heterocycles. The highest BCUT2D eigenvalue weighted by Gasteiger charge is 2.23. The molecule has 1 fully saturated rings. The van der Waals surface area contributed by atoms with Crippen LogP contribution in [0, 0.1) is 5.92 Å². The minimum absolute atomic E-state index is 0.606. The van der Waals surface area contributed by atoms with Crippen molar-refractivity contribution >= 4 is 10.9 Å². The van der Waals surface area contributed by atoms with Gasteiger partial charge in [-0.1, -0.05) is 36.4 Å². The van der Waals surface area contributed by atoms with Gasteiger partial charge in [0.15, 0.2) is 0 Å². The Bertz CT molecular complexity index is 806. The van der Waals surface area contributed by atoms with E-state index in [0.717, 1.165) is 18.9 Å². The summed E-state index contributed by atoms with van der Waals surface area (Å²) in [5.74, 6) is 0.745. The number of benzene rings is 2. The van der Waals surface area contributed by atoms with Gasteiger partial charge in [-0.2, -0.15) is 0 Å². The summed E-state index contributed by atoms with van der Waals surface area (Å²) in [7, 11) is 0. The number of H-pyrrole nitrogens is 1. The number of hydrogen-bond acceptors (Lipinski definition) is 2. The molecule has 2 heterocycles. The monoisotopic (exact) mass is 319 g/mol. The summed E-state index contributed by atoms with van der Waals surface area (Å²) >= 11 is 0. The SMILES string of the molecule is NCc1ccc2[nH]cc(CC3CCN(Cc4ccccc4)C3)c2c1. The topological polar surface area (TPSA) is 45.1 Å². The lowest BCUT2D eigenvalue weighted by atomic mass is 9.97. The second kappa shape index (κ2) is 6.80. The first-order valence-corrected chi connectivity index (χ1v) is 8.87. The fourth-order valence-electron chi connectivity index (χ4n) is 3.90. The van der Waals surface area contributed by atoms with E-state index in [1.807, 2.05) is 0 Å². The van der Waals surface area contributed by atoms with E-state index in [2.05, 4.69) is 64.6 Å². The van der Waals surface area contributed by atoms with Crippen LogP contribution in [0.2, 0.25) is 0 Å². The van der Waals surface area contributed by atoms with E-state index < -0.39 is 0 Å². The minimum Gasteiger partial charge on any atom is -0.361 e. The molecule has 24 heavy (non-hydrogen) atoms. The van der Waals surface area contributed by atoms with Crippen LogP contribution in [0.3, 0.4) is 0 Å². The van der Waals surface area contributed by atoms with Crippen LogP contribution in [0.1, 0.15) is 23.1 Å². The number of nitrogens with one attached hydrogen (secondary N) is 1. The summed E-state index contributed by atoms with van der Waals surface area (Å²) in [5.41, 5.74) is 11.1. The molecular weight excluding hydrogens is 294 g/mol. The Labute approximate surface area is 143 Å². The molecule has 124 valence electrons. The Balaban J connectivity index is 1.43. The van der Waals surface area contributed by atoms with Gasteiger partial charge in [0, 0.05) is 36.7 Å². The van der Waals surface area contributed by atoms with Crippen LogP contribution >= 0.6 is 0 Å². The van der Waals surface area contributed by atoms with Gasteiger partial charge in [0.05, 0.1) is 0 Å². The van der Waals surface area contributed by atoms with Crippen LogP contribution < -0.4 is 5.73 Å². The predicted octanol–water partition coefficient (Wildman–Crippen LogP) is 3.69. The summed E-state index contributed by atoms with van der Waals surface area (Å²) in [5, 5.41) is 1.35. The number of likely N-dealkylation sites (tertiary alicyclic amines) is 1. The second-order valence-corrected chi connectivity index (χ2v) is 6.98. The highest BCUT2D eigenvalue weighted by atomic mass is 15.1. The van der Waals surface area contributed by atoms with E-state index in [0.29, 0.717) is 6.54 Å². The summed E-state index contributed by atoms with van der Waals surface area (Å²) in [4.78, 5) is 5.99. The molecule has 3 N–H and O–H groups in total. The molecule has 0 bridgehead atoms. The molecule has 1 aliphatic rings. The number of aromatic nitrogens is 1. The summed E-state index contributed by atoms with van der Waals surface area (Å²) in [6, 6.07) is 17.3. The minimum atomic E-state index is 0.606. The van der Waals surface area contributed by atoms with E-state index in [-0.39, 0.29) is 0 Å². The Morgan fingerprint density at radius 3 is 2.79 bits per heavy atom. The lowest BCUT2D eigenvalue weighted by Gasteiger charge is -2.16. The van der Waals surface area contributed by atoms with Gasteiger partial charge < -0.3 is 10.7 Å². The second-order valence-electron chi connectivity index (χ2n) is 6.98. The van der Waals surface area contributed by atoms with Crippen molar-refractivity contribution in [3.8, 4) is 0 Å². The number of nitrogens with two attached hydrogens (primary N) is 1. The number of aromatic amines is 1. The Morgan fingerprint density at radius 2 is 1.96 bits per heavy atom. The van der Waals surface area contributed by atoms with E-state index in [4.69, 9.17) is 5.73 Å². The first kappa shape index (κ1) is 15.4. The smallest absolute Gasteiger partial charge is 0.0457 e. The fourth-order valence-corrected chi connectivity index (χ4v) is 3.90. The van der Waals surface area contributed by atoms with Gasteiger partial charge in [-0.3, -0.25) is 4.90 Å². The van der Waals surface area contributed by atoms with Crippen molar-refractivity contribution < 1.29 is 0 Å². The maximum absolute atomic E-state index is 5.80. The summed E-state index contributed by atoms with van der Waals surface area (Å²) in [6.45, 7) is 4.07. The molecule has 3 aromatic rings. The van der Waals surface area contributed by atoms with Gasteiger partial charge in [0.2, 0.25) is 0 Å². The van der Waals surface area contributed by atoms with Crippen LogP contribution in [-0.4, -0.2) is 23.0 Å². The van der Waals surface area contributed by atoms with Crippen LogP contribution in [0.25, 0.3) is 10.9 Å². The highest BCUT2D eigenvalue weighted by Crippen LogP contribution is 2.27. The number of fused-ring (bicyclic) bond motifs is 1. The molecule has 0 radical (unpaired) electrons. The third-order valence-electron chi connectivity index (χ3n) is 5.20. The van der Waals surface area contributed by atoms with Crippen molar-refractivity contribution in [2.75, 3.05) is 13.1 Å². The Morgan fingerprint density at radius 1 is 1.08 bits per heavy atom. The molecule has 1 unspecified atom stereocenters. The Kier molecular flexibility index (Phi) is 4.37. The zero-order valence-electron chi connectivity index (χ0n) is 14.0. The van der Waals surface area contributed by atoms with Gasteiger partial charge in [-0.15, -0.1) is 0 Å². The lowest BCUT2D eigenvalue weighted by molar-refractivity contribution is 0.316. The van der Waals surface area contributed by atoms with Crippen molar-refractivity contribution in [3.05, 3.63) is 71.4 Å². The molecule has 0 saturated carbocycles. The van der Waals surface area contributed by atoms with E-state index in [9.17, 15) is 0 Å². The van der Waals surface area contributed by atoms with Crippen molar-refractivity contribution in [3.63, 3.8) is 0 Å². The third-order valence-corrected chi connectivity index (χ3v) is 5.20. The fraction of sp³-hybridized carbons (Fsp3) is 0.333. The van der Waals surface area contributed by atoms with E-state index >= 15 is 0 Å². The van der Waals surface area contributed by atoms with Crippen LogP contribution in [-0.2, 0) is 19.5 Å². The molecule has 0 spiro atoms. The number of rotatable bonds is 5. The first-order chi connectivity index (χ1) is 11.8. The first-order valence-electron chi connectivity index (χ1n) is 8.87. The summed E-state index contributed by atoms with van der Waals surface area (Å²) in [6.07, 6.45) is 4.63. The third kappa shape index (κ3) is 3.23. The molecule has 0 amide bonds. The van der Waals surface area contributed by atoms with Crippen LogP contribution in [0.5, 0.6) is 0 Å². The van der Waals surface area contributed by atoms with Crippen LogP contribution in [0.15, 0.2) is 54.7 Å². The average Bonchev–Trinajstić information content (AvgIpc) is 3.23. The maximum atomic E-state index is 5.80. The number of hydrogen-bond donors (Lipinski definition) is 2. The van der Waals surface area contributed by atoms with Gasteiger partial charge in [0.1, 0.15) is 0 Å². The maximum Gasteiger partial charge on any atom is 0.0457 e. The highest BCUT2D eigenvalue weighted by molar-refractivity contribution is 5.83. The molecule has 1 aromatic heterocycles. The quantitative estimate of drug-likeness (QED) is 0.753. The van der Waals surface area contributed by atoms with Gasteiger partial charge in [0.25, 0.3) is 0 Å². The average molecular weight is 319 g/mol. The van der Waals surface area contributed by atoms with Gasteiger partial charge >= 0.3 is 0 Å². The zero-order chi connectivity index (χ0) is 16.4. The molecule has 2 aromatic carbocycles. The molecule has 3 nitrogen and oxygen atoms in total. The molecule has 4 rings (SSSR count). The van der Waals surface area contributed by atoms with Crippen LogP contribution in [0.4, 0.5) is 0 Å². The number of nitrogens with zero attached hydrogens (tertiary/aromatic N) is 1. The van der Waals surface area contributed by atoms with Gasteiger partial charge in [-0.05, 0) is 54.1 Å². The zero-order valence-corrected chi connectivity index (χ0v) is 14.0. The van der Waals surface area contributed by atoms with E-state index in [1.165, 1.54) is 47.1 Å². The van der Waals surface area contributed by atoms with Crippen molar-refractivity contribution in [1.29, 1.82) is 0 Å². The molecular formula is C21H25N3. The Hall–Kier alpha value is -2.10. The predicted molar refractivity (Wildman–Crippen MR) is 99.7 cm³/mol. The normalized spacial score (nSPS) is 18.5. The molecule has 3 heteroatoms. The molecule has 0 aliphatic carbocycles. The van der Waals surface area contributed by atoms with Crippen molar-refractivity contribution in [2.45, 2.75) is 25.9 Å². The van der Waals surface area contributed by atoms with Gasteiger partial charge in [-0.25, -0.2) is 0 Å². The lowest BCUT2D eigenvalue weighted by Crippen LogP contribution is -2.20. The van der Waals surface area contributed by atoms with E-state index in [1.54, 1.807) is 0 Å². The summed E-state index contributed by atoms with van der Waals surface area (Å²) < 4.78 is 0. The largest absolute Gasteiger partial charge is 0.361 e. The molecule has 1 saturated heterocycles. The molecule has 1 atom stereocenters. The van der Waals surface area contributed by atoms with Crippen molar-refractivity contribution in [1.82, 2.24) is 9.88 Å².